The van der Waals surface area contributed by atoms with Crippen molar-refractivity contribution >= 4 is 21.8 Å². The summed E-state index contributed by atoms with van der Waals surface area (Å²) in [7, 11) is 0. The number of hydrogen-bond acceptors (Lipinski definition) is 0. The highest BCUT2D eigenvalue weighted by atomic mass is 15.1. The molecule has 7 aromatic carbocycles. The lowest BCUT2D eigenvalue weighted by molar-refractivity contribution is -0.757. The Balaban J connectivity index is 1.09. The van der Waals surface area contributed by atoms with Gasteiger partial charge >= 0.3 is 0 Å². The first kappa shape index (κ1) is 34.0. The molecule has 0 spiro atoms. The summed E-state index contributed by atoms with van der Waals surface area (Å²) in [6, 6.07) is 67.3. The number of para-hydroxylation sites is 2. The van der Waals surface area contributed by atoms with Gasteiger partial charge in [-0.1, -0.05) is 123 Å². The Morgan fingerprint density at radius 3 is 1.70 bits per heavy atom. The predicted octanol–water partition coefficient (Wildman–Crippen LogP) is 13.9. The van der Waals surface area contributed by atoms with Crippen LogP contribution in [0.5, 0.6) is 0 Å². The summed E-state index contributed by atoms with van der Waals surface area (Å²) in [6.07, 6.45) is 6.81. The summed E-state index contributed by atoms with van der Waals surface area (Å²) in [5, 5.41) is 2.54. The molecule has 56 heavy (non-hydrogen) atoms. The van der Waals surface area contributed by atoms with Crippen LogP contribution in [-0.2, 0) is 12.0 Å². The van der Waals surface area contributed by atoms with Crippen molar-refractivity contribution in [2.75, 3.05) is 0 Å². The maximum Gasteiger partial charge on any atom is 0.213 e. The summed E-state index contributed by atoms with van der Waals surface area (Å²) in [5.41, 5.74) is 17.6. The van der Waals surface area contributed by atoms with Crippen LogP contribution in [0, 0.1) is 0 Å². The van der Waals surface area contributed by atoms with E-state index in [0.717, 1.165) is 31.4 Å². The van der Waals surface area contributed by atoms with Crippen LogP contribution < -0.4 is 4.57 Å². The molecule has 0 saturated carbocycles. The minimum atomic E-state index is 0.139. The third kappa shape index (κ3) is 5.76. The maximum absolute atomic E-state index is 2.58. The van der Waals surface area contributed by atoms with E-state index >= 15 is 0 Å². The van der Waals surface area contributed by atoms with Gasteiger partial charge in [-0.15, -0.1) is 0 Å². The standard InChI is InChI=1S/C54H45N2/c1-3-54(4-2)30-29-39-27-28-43(37-50(39)51-24-12-13-31-55(51)54)40-18-14-19-41(32-40)45-33-44(38-16-6-5-7-17-38)34-46(35-45)42-20-15-21-47(36-42)56-52-25-10-8-22-48(52)49-23-9-11-26-53(49)56/h5-28,31-37H,3-4,29-30H2,1-2H3/q+1. The van der Waals surface area contributed by atoms with Crippen molar-refractivity contribution in [3.63, 3.8) is 0 Å². The zero-order valence-electron chi connectivity index (χ0n) is 32.1. The van der Waals surface area contributed by atoms with E-state index in [2.05, 4.69) is 211 Å². The summed E-state index contributed by atoms with van der Waals surface area (Å²) >= 11 is 0. The van der Waals surface area contributed by atoms with Gasteiger partial charge in [0.15, 0.2) is 11.7 Å². The van der Waals surface area contributed by atoms with Crippen LogP contribution in [0.1, 0.15) is 38.7 Å². The number of rotatable bonds is 7. The Morgan fingerprint density at radius 1 is 0.464 bits per heavy atom. The van der Waals surface area contributed by atoms with Crippen LogP contribution in [0.4, 0.5) is 0 Å². The molecule has 1 aliphatic rings. The van der Waals surface area contributed by atoms with Gasteiger partial charge in [-0.05, 0) is 117 Å². The molecule has 0 aliphatic carbocycles. The molecule has 0 amide bonds. The topological polar surface area (TPSA) is 8.81 Å². The van der Waals surface area contributed by atoms with Crippen molar-refractivity contribution in [1.82, 2.24) is 4.57 Å². The fourth-order valence-corrected chi connectivity index (χ4v) is 9.38. The lowest BCUT2D eigenvalue weighted by Crippen LogP contribution is -2.56. The SMILES string of the molecule is CCC1(CC)CCc2ccc(-c3cccc(-c4cc(-c5ccccc5)cc(-c5cccc(-n6c7ccccc7c7ccccc76)c5)c4)c3)cc2-c2cccc[n+]21. The number of hydrogen-bond donors (Lipinski definition) is 0. The van der Waals surface area contributed by atoms with Gasteiger partial charge < -0.3 is 4.57 Å². The van der Waals surface area contributed by atoms with E-state index in [4.69, 9.17) is 0 Å². The van der Waals surface area contributed by atoms with Crippen molar-refractivity contribution in [2.24, 2.45) is 0 Å². The molecule has 0 fully saturated rings. The Hall–Kier alpha value is -6.51. The smallest absolute Gasteiger partial charge is 0.213 e. The van der Waals surface area contributed by atoms with Crippen LogP contribution in [0.25, 0.3) is 83.3 Å². The molecule has 0 atom stereocenters. The largest absolute Gasteiger partial charge is 0.309 e. The second-order valence-electron chi connectivity index (χ2n) is 15.4. The van der Waals surface area contributed by atoms with Crippen molar-refractivity contribution in [2.45, 2.75) is 45.1 Å². The Kier molecular flexibility index (Phi) is 8.48. The van der Waals surface area contributed by atoms with E-state index in [9.17, 15) is 0 Å². The number of pyridine rings is 1. The fraction of sp³-hybridized carbons (Fsp3) is 0.130. The minimum absolute atomic E-state index is 0.139. The number of benzene rings is 7. The minimum Gasteiger partial charge on any atom is -0.309 e. The molecule has 3 heterocycles. The molecule has 2 nitrogen and oxygen atoms in total. The van der Waals surface area contributed by atoms with Crippen molar-refractivity contribution < 1.29 is 4.57 Å². The molecule has 0 N–H and O–H groups in total. The number of nitrogens with zero attached hydrogens (tertiary/aromatic N) is 2. The molecule has 0 saturated heterocycles. The van der Waals surface area contributed by atoms with Crippen LogP contribution in [-0.4, -0.2) is 4.57 Å². The number of fused-ring (bicyclic) bond motifs is 6. The lowest BCUT2D eigenvalue weighted by atomic mass is 9.86. The van der Waals surface area contributed by atoms with E-state index in [-0.39, 0.29) is 5.54 Å². The molecule has 0 unspecified atom stereocenters. The summed E-state index contributed by atoms with van der Waals surface area (Å²) in [4.78, 5) is 0. The first-order valence-electron chi connectivity index (χ1n) is 20.2. The van der Waals surface area contributed by atoms with Crippen LogP contribution in [0.15, 0.2) is 188 Å². The third-order valence-electron chi connectivity index (χ3n) is 12.5. The Bertz CT molecular complexity index is 2840. The van der Waals surface area contributed by atoms with E-state index in [1.807, 2.05) is 0 Å². The van der Waals surface area contributed by atoms with Crippen LogP contribution in [0.3, 0.4) is 0 Å². The monoisotopic (exact) mass is 721 g/mol. The summed E-state index contributed by atoms with van der Waals surface area (Å²) in [6.45, 7) is 4.70. The van der Waals surface area contributed by atoms with Crippen LogP contribution >= 0.6 is 0 Å². The van der Waals surface area contributed by atoms with Crippen molar-refractivity contribution in [1.29, 1.82) is 0 Å². The predicted molar refractivity (Wildman–Crippen MR) is 235 cm³/mol. The van der Waals surface area contributed by atoms with E-state index in [1.165, 1.54) is 83.1 Å². The lowest BCUT2D eigenvalue weighted by Gasteiger charge is -2.26. The highest BCUT2D eigenvalue weighted by Gasteiger charge is 2.40. The second kappa shape index (κ2) is 14.0. The molecule has 2 heteroatoms. The molecule has 2 aromatic heterocycles. The Morgan fingerprint density at radius 2 is 1.00 bits per heavy atom. The average molecular weight is 722 g/mol. The normalized spacial score (nSPS) is 13.3. The van der Waals surface area contributed by atoms with Gasteiger partial charge in [0.25, 0.3) is 0 Å². The fourth-order valence-electron chi connectivity index (χ4n) is 9.38. The van der Waals surface area contributed by atoms with Gasteiger partial charge in [0, 0.05) is 53.4 Å². The first-order chi connectivity index (χ1) is 27.6. The third-order valence-corrected chi connectivity index (χ3v) is 12.5. The molecule has 1 aliphatic heterocycles. The van der Waals surface area contributed by atoms with Gasteiger partial charge in [-0.3, -0.25) is 0 Å². The van der Waals surface area contributed by atoms with Crippen molar-refractivity contribution in [3.8, 4) is 61.5 Å². The molecule has 0 bridgehead atoms. The maximum atomic E-state index is 2.58. The zero-order chi connectivity index (χ0) is 37.6. The second-order valence-corrected chi connectivity index (χ2v) is 15.4. The Labute approximate surface area is 330 Å². The van der Waals surface area contributed by atoms with Gasteiger partial charge in [0.1, 0.15) is 0 Å². The first-order valence-corrected chi connectivity index (χ1v) is 20.2. The molecule has 9 aromatic rings. The van der Waals surface area contributed by atoms with Gasteiger partial charge in [0.2, 0.25) is 5.69 Å². The quantitative estimate of drug-likeness (QED) is 0.145. The molecular weight excluding hydrogens is 677 g/mol. The van der Waals surface area contributed by atoms with Gasteiger partial charge in [0.05, 0.1) is 11.0 Å². The molecule has 270 valence electrons. The van der Waals surface area contributed by atoms with E-state index < -0.39 is 0 Å². The summed E-state index contributed by atoms with van der Waals surface area (Å²) < 4.78 is 4.98. The molecular formula is C54H45N2+. The summed E-state index contributed by atoms with van der Waals surface area (Å²) in [5.74, 6) is 0. The van der Waals surface area contributed by atoms with Gasteiger partial charge in [-0.2, -0.15) is 4.57 Å². The van der Waals surface area contributed by atoms with Gasteiger partial charge in [-0.25, -0.2) is 0 Å². The van der Waals surface area contributed by atoms with Crippen molar-refractivity contribution in [3.05, 3.63) is 194 Å². The highest BCUT2D eigenvalue weighted by Crippen LogP contribution is 2.39. The number of aromatic nitrogens is 2. The number of aryl methyl sites for hydroxylation is 1. The zero-order valence-corrected chi connectivity index (χ0v) is 32.1. The molecule has 0 radical (unpaired) electrons. The average Bonchev–Trinajstić information content (AvgIpc) is 3.54. The van der Waals surface area contributed by atoms with Crippen LogP contribution in [0.2, 0.25) is 0 Å². The molecule has 10 rings (SSSR count). The van der Waals surface area contributed by atoms with E-state index in [0.29, 0.717) is 0 Å². The van der Waals surface area contributed by atoms with E-state index in [1.54, 1.807) is 0 Å². The highest BCUT2D eigenvalue weighted by molar-refractivity contribution is 6.09.